The molecule has 0 atom stereocenters. The molecule has 0 aliphatic carbocycles. The Bertz CT molecular complexity index is 650. The number of esters is 1. The van der Waals surface area contributed by atoms with Crippen LogP contribution in [0, 0.1) is 0 Å². The molecule has 0 aromatic heterocycles. The maximum absolute atomic E-state index is 12.1. The normalized spacial score (nSPS) is 22.3. The van der Waals surface area contributed by atoms with Crippen molar-refractivity contribution in [2.75, 3.05) is 20.3 Å². The largest absolute Gasteiger partial charge is 0.494 e. The van der Waals surface area contributed by atoms with Gasteiger partial charge in [-0.3, -0.25) is 0 Å². The fourth-order valence-electron chi connectivity index (χ4n) is 3.01. The van der Waals surface area contributed by atoms with Crippen LogP contribution in [0.4, 0.5) is 0 Å². The van der Waals surface area contributed by atoms with Crippen molar-refractivity contribution in [3.8, 4) is 5.75 Å². The number of hydrogen-bond donors (Lipinski definition) is 0. The molecule has 2 aliphatic rings. The Morgan fingerprint density at radius 2 is 1.73 bits per heavy atom. The first kappa shape index (κ1) is 19.2. The zero-order valence-corrected chi connectivity index (χ0v) is 16.2. The van der Waals surface area contributed by atoms with Crippen LogP contribution >= 0.6 is 0 Å². The summed E-state index contributed by atoms with van der Waals surface area (Å²) in [4.78, 5) is 12.1. The van der Waals surface area contributed by atoms with Gasteiger partial charge in [-0.1, -0.05) is 6.07 Å². The summed E-state index contributed by atoms with van der Waals surface area (Å²) >= 11 is 0. The van der Waals surface area contributed by atoms with Crippen molar-refractivity contribution in [1.82, 2.24) is 0 Å². The second-order valence-electron chi connectivity index (χ2n) is 7.77. The topological polar surface area (TPSA) is 63.2 Å². The molecular formula is C19H27BO6. The third kappa shape index (κ3) is 3.75. The van der Waals surface area contributed by atoms with E-state index in [4.69, 9.17) is 23.5 Å². The smallest absolute Gasteiger partial charge is 0.489 e. The quantitative estimate of drug-likeness (QED) is 0.605. The summed E-state index contributed by atoms with van der Waals surface area (Å²) in [6.45, 7) is 9.36. The molecule has 0 spiro atoms. The van der Waals surface area contributed by atoms with Gasteiger partial charge in [0.25, 0.3) is 0 Å². The van der Waals surface area contributed by atoms with E-state index in [1.807, 2.05) is 39.8 Å². The number of hydrogen-bond acceptors (Lipinski definition) is 6. The predicted octanol–water partition coefficient (Wildman–Crippen LogP) is 2.33. The van der Waals surface area contributed by atoms with Gasteiger partial charge in [-0.15, -0.1) is 0 Å². The van der Waals surface area contributed by atoms with E-state index in [-0.39, 0.29) is 6.10 Å². The van der Waals surface area contributed by atoms with Gasteiger partial charge in [0.05, 0.1) is 31.5 Å². The van der Waals surface area contributed by atoms with E-state index in [2.05, 4.69) is 0 Å². The molecular weight excluding hydrogens is 335 g/mol. The minimum Gasteiger partial charge on any atom is -0.489 e. The standard InChI is InChI=1S/C19H27BO6/c1-18(2)19(3,4)26-20(25-18)13-6-7-15(17(21)22-5)16(12-13)24-14-8-10-23-11-9-14/h6-7,12,14H,8-11H2,1-5H3. The maximum atomic E-state index is 12.1. The van der Waals surface area contributed by atoms with Crippen molar-refractivity contribution in [2.45, 2.75) is 57.8 Å². The Morgan fingerprint density at radius 1 is 1.12 bits per heavy atom. The molecule has 142 valence electrons. The van der Waals surface area contributed by atoms with Crippen molar-refractivity contribution in [1.29, 1.82) is 0 Å². The molecule has 26 heavy (non-hydrogen) atoms. The van der Waals surface area contributed by atoms with Gasteiger partial charge in [-0.05, 0) is 45.3 Å². The second-order valence-corrected chi connectivity index (χ2v) is 7.77. The van der Waals surface area contributed by atoms with Crippen molar-refractivity contribution >= 4 is 18.6 Å². The fraction of sp³-hybridized carbons (Fsp3) is 0.632. The minimum atomic E-state index is -0.510. The molecule has 1 aromatic rings. The van der Waals surface area contributed by atoms with Crippen LogP contribution in [0.5, 0.6) is 5.75 Å². The number of ether oxygens (including phenoxy) is 3. The number of methoxy groups -OCH3 is 1. The summed E-state index contributed by atoms with van der Waals surface area (Å²) in [5.41, 5.74) is 0.360. The number of carbonyl (C=O) groups excluding carboxylic acids is 1. The van der Waals surface area contributed by atoms with Gasteiger partial charge in [0.2, 0.25) is 0 Å². The van der Waals surface area contributed by atoms with Gasteiger partial charge in [0.15, 0.2) is 0 Å². The van der Waals surface area contributed by atoms with Crippen molar-refractivity contribution < 1.29 is 28.3 Å². The average Bonchev–Trinajstić information content (AvgIpc) is 2.83. The van der Waals surface area contributed by atoms with Crippen LogP contribution in [-0.2, 0) is 18.8 Å². The molecule has 2 saturated heterocycles. The lowest BCUT2D eigenvalue weighted by atomic mass is 9.78. The minimum absolute atomic E-state index is 0.0145. The lowest BCUT2D eigenvalue weighted by molar-refractivity contribution is 0.00578. The molecule has 0 saturated carbocycles. The highest BCUT2D eigenvalue weighted by molar-refractivity contribution is 6.62. The molecule has 1 aromatic carbocycles. The zero-order valence-electron chi connectivity index (χ0n) is 16.2. The highest BCUT2D eigenvalue weighted by atomic mass is 16.7. The highest BCUT2D eigenvalue weighted by Gasteiger charge is 2.51. The van der Waals surface area contributed by atoms with E-state index in [0.717, 1.165) is 18.3 Å². The second kappa shape index (κ2) is 7.21. The maximum Gasteiger partial charge on any atom is 0.494 e. The molecule has 7 heteroatoms. The van der Waals surface area contributed by atoms with E-state index in [1.165, 1.54) is 7.11 Å². The van der Waals surface area contributed by atoms with Crippen LogP contribution in [0.2, 0.25) is 0 Å². The van der Waals surface area contributed by atoms with E-state index in [0.29, 0.717) is 24.5 Å². The van der Waals surface area contributed by atoms with Crippen LogP contribution in [0.1, 0.15) is 50.9 Å². The summed E-state index contributed by atoms with van der Waals surface area (Å²) in [5.74, 6) is 0.0727. The Hall–Kier alpha value is -1.57. The molecule has 2 fully saturated rings. The third-order valence-electron chi connectivity index (χ3n) is 5.40. The lowest BCUT2D eigenvalue weighted by Gasteiger charge is -2.32. The van der Waals surface area contributed by atoms with Crippen LogP contribution in [0.15, 0.2) is 18.2 Å². The Morgan fingerprint density at radius 3 is 2.31 bits per heavy atom. The summed E-state index contributed by atoms with van der Waals surface area (Å²) in [6.07, 6.45) is 1.60. The van der Waals surface area contributed by atoms with Crippen molar-refractivity contribution in [3.63, 3.8) is 0 Å². The van der Waals surface area contributed by atoms with E-state index < -0.39 is 24.3 Å². The van der Waals surface area contributed by atoms with Gasteiger partial charge in [0, 0.05) is 12.8 Å². The van der Waals surface area contributed by atoms with Gasteiger partial charge >= 0.3 is 13.1 Å². The molecule has 0 amide bonds. The first-order valence-electron chi connectivity index (χ1n) is 9.06. The number of benzene rings is 1. The molecule has 2 aliphatic heterocycles. The Labute approximate surface area is 155 Å². The van der Waals surface area contributed by atoms with Crippen LogP contribution in [0.3, 0.4) is 0 Å². The first-order chi connectivity index (χ1) is 12.2. The van der Waals surface area contributed by atoms with Crippen LogP contribution < -0.4 is 10.2 Å². The van der Waals surface area contributed by atoms with E-state index >= 15 is 0 Å². The van der Waals surface area contributed by atoms with Crippen molar-refractivity contribution in [3.05, 3.63) is 23.8 Å². The SMILES string of the molecule is COC(=O)c1ccc(B2OC(C)(C)C(C)(C)O2)cc1OC1CCOCC1. The monoisotopic (exact) mass is 362 g/mol. The predicted molar refractivity (Wildman–Crippen MR) is 98.0 cm³/mol. The molecule has 3 rings (SSSR count). The van der Waals surface area contributed by atoms with Crippen LogP contribution in [-0.4, -0.2) is 50.7 Å². The number of rotatable bonds is 4. The Balaban J connectivity index is 1.88. The van der Waals surface area contributed by atoms with Gasteiger partial charge in [-0.2, -0.15) is 0 Å². The number of carbonyl (C=O) groups is 1. The molecule has 2 heterocycles. The molecule has 0 N–H and O–H groups in total. The molecule has 0 radical (unpaired) electrons. The van der Waals surface area contributed by atoms with Gasteiger partial charge in [0.1, 0.15) is 17.4 Å². The lowest BCUT2D eigenvalue weighted by Crippen LogP contribution is -2.41. The zero-order chi connectivity index (χ0) is 18.9. The summed E-state index contributed by atoms with van der Waals surface area (Å²) < 4.78 is 28.6. The highest BCUT2D eigenvalue weighted by Crippen LogP contribution is 2.37. The first-order valence-corrected chi connectivity index (χ1v) is 9.06. The molecule has 0 bridgehead atoms. The summed E-state index contributed by atoms with van der Waals surface area (Å²) in [5, 5.41) is 0. The summed E-state index contributed by atoms with van der Waals surface area (Å²) in [7, 11) is 0.853. The van der Waals surface area contributed by atoms with Gasteiger partial charge in [-0.25, -0.2) is 4.79 Å². The summed E-state index contributed by atoms with van der Waals surface area (Å²) in [6, 6.07) is 5.36. The van der Waals surface area contributed by atoms with Gasteiger partial charge < -0.3 is 23.5 Å². The molecule has 6 nitrogen and oxygen atoms in total. The van der Waals surface area contributed by atoms with Crippen molar-refractivity contribution in [2.24, 2.45) is 0 Å². The third-order valence-corrected chi connectivity index (χ3v) is 5.40. The van der Waals surface area contributed by atoms with E-state index in [9.17, 15) is 4.79 Å². The molecule has 0 unspecified atom stereocenters. The average molecular weight is 362 g/mol. The fourth-order valence-corrected chi connectivity index (χ4v) is 3.01. The Kier molecular flexibility index (Phi) is 5.33. The van der Waals surface area contributed by atoms with Crippen LogP contribution in [0.25, 0.3) is 0 Å². The van der Waals surface area contributed by atoms with E-state index in [1.54, 1.807) is 6.07 Å².